The van der Waals surface area contributed by atoms with Gasteiger partial charge in [0, 0.05) is 24.0 Å². The molecule has 0 bridgehead atoms. The van der Waals surface area contributed by atoms with Crippen LogP contribution in [0.5, 0.6) is 0 Å². The molecule has 1 amide bonds. The number of carbonyl (C=O) groups is 2. The van der Waals surface area contributed by atoms with Gasteiger partial charge in [-0.05, 0) is 31.0 Å². The van der Waals surface area contributed by atoms with Crippen molar-refractivity contribution < 1.29 is 14.3 Å². The number of esters is 1. The molecule has 0 fully saturated rings. The van der Waals surface area contributed by atoms with Crippen molar-refractivity contribution in [1.82, 2.24) is 4.57 Å². The molecule has 0 radical (unpaired) electrons. The summed E-state index contributed by atoms with van der Waals surface area (Å²) in [6.45, 7) is 1.86. The Morgan fingerprint density at radius 2 is 1.96 bits per heavy atom. The molecule has 0 N–H and O–H groups in total. The van der Waals surface area contributed by atoms with E-state index in [4.69, 9.17) is 0 Å². The van der Waals surface area contributed by atoms with Crippen LogP contribution in [-0.2, 0) is 22.5 Å². The van der Waals surface area contributed by atoms with Crippen LogP contribution < -0.4 is 10.5 Å². The highest BCUT2D eigenvalue weighted by Gasteiger charge is 2.30. The number of amides is 1. The highest BCUT2D eigenvalue weighted by molar-refractivity contribution is 5.96. The molecule has 24 heavy (non-hydrogen) atoms. The predicted octanol–water partition coefficient (Wildman–Crippen LogP) is 1.61. The number of hydrogen-bond acceptors (Lipinski definition) is 4. The molecule has 0 aliphatic carbocycles. The minimum absolute atomic E-state index is 0.0365. The van der Waals surface area contributed by atoms with Crippen molar-refractivity contribution in [2.75, 3.05) is 12.0 Å². The number of anilines is 1. The summed E-state index contributed by atoms with van der Waals surface area (Å²) in [6.07, 6.45) is 2.15. The van der Waals surface area contributed by atoms with Crippen LogP contribution in [0.4, 0.5) is 5.69 Å². The van der Waals surface area contributed by atoms with Crippen LogP contribution in [0.15, 0.2) is 47.4 Å². The molecule has 0 spiro atoms. The Bertz CT molecular complexity index is 856. The van der Waals surface area contributed by atoms with Gasteiger partial charge in [-0.1, -0.05) is 18.2 Å². The van der Waals surface area contributed by atoms with Gasteiger partial charge >= 0.3 is 5.97 Å². The first-order valence-electron chi connectivity index (χ1n) is 7.70. The van der Waals surface area contributed by atoms with Crippen LogP contribution in [0.3, 0.4) is 0 Å². The molecule has 1 aliphatic rings. The maximum Gasteiger partial charge on any atom is 0.339 e. The third-order valence-corrected chi connectivity index (χ3v) is 4.19. The summed E-state index contributed by atoms with van der Waals surface area (Å²) >= 11 is 0. The highest BCUT2D eigenvalue weighted by atomic mass is 16.5. The molecule has 1 aliphatic heterocycles. The number of hydrogen-bond donors (Lipinski definition) is 0. The second kappa shape index (κ2) is 6.31. The molecule has 1 aromatic heterocycles. The molecular formula is C18H18N2O4. The predicted molar refractivity (Wildman–Crippen MR) is 89.1 cm³/mol. The van der Waals surface area contributed by atoms with Crippen molar-refractivity contribution >= 4 is 17.6 Å². The van der Waals surface area contributed by atoms with Gasteiger partial charge < -0.3 is 14.2 Å². The Balaban J connectivity index is 1.88. The normalized spacial score (nSPS) is 15.9. The average molecular weight is 326 g/mol. The lowest BCUT2D eigenvalue weighted by Gasteiger charge is -2.23. The first-order valence-corrected chi connectivity index (χ1v) is 7.70. The van der Waals surface area contributed by atoms with Crippen molar-refractivity contribution in [3.05, 3.63) is 64.1 Å². The third-order valence-electron chi connectivity index (χ3n) is 4.19. The number of pyridine rings is 1. The Kier molecular flexibility index (Phi) is 4.20. The summed E-state index contributed by atoms with van der Waals surface area (Å²) in [6, 6.07) is 10.4. The molecule has 124 valence electrons. The molecular weight excluding hydrogens is 308 g/mol. The maximum absolute atomic E-state index is 12.7. The van der Waals surface area contributed by atoms with Gasteiger partial charge in [0.05, 0.1) is 12.7 Å². The SMILES string of the molecule is COC(=O)c1ccc(=O)n(CC(=O)N2c3ccccc3C[C@@H]2C)c1. The highest BCUT2D eigenvalue weighted by Crippen LogP contribution is 2.31. The summed E-state index contributed by atoms with van der Waals surface area (Å²) < 4.78 is 5.89. The number of rotatable bonds is 3. The van der Waals surface area contributed by atoms with E-state index in [1.54, 1.807) is 4.90 Å². The van der Waals surface area contributed by atoms with E-state index < -0.39 is 5.97 Å². The average Bonchev–Trinajstić information content (AvgIpc) is 2.91. The standard InChI is InChI=1S/C18H18N2O4/c1-12-9-13-5-3-4-6-15(13)20(12)17(22)11-19-10-14(18(23)24-2)7-8-16(19)21/h3-8,10,12H,9,11H2,1-2H3/t12-/m0/s1. The Morgan fingerprint density at radius 1 is 1.21 bits per heavy atom. The van der Waals surface area contributed by atoms with Crippen molar-refractivity contribution in [1.29, 1.82) is 0 Å². The minimum atomic E-state index is -0.545. The fourth-order valence-corrected chi connectivity index (χ4v) is 3.06. The third kappa shape index (κ3) is 2.82. The summed E-state index contributed by atoms with van der Waals surface area (Å²) in [4.78, 5) is 38.1. The number of fused-ring (bicyclic) bond motifs is 1. The zero-order valence-electron chi connectivity index (χ0n) is 13.6. The van der Waals surface area contributed by atoms with E-state index in [0.29, 0.717) is 0 Å². The Hall–Kier alpha value is -2.89. The number of benzene rings is 1. The fourth-order valence-electron chi connectivity index (χ4n) is 3.06. The minimum Gasteiger partial charge on any atom is -0.465 e. The number of methoxy groups -OCH3 is 1. The lowest BCUT2D eigenvalue weighted by atomic mass is 10.1. The molecule has 2 heterocycles. The maximum atomic E-state index is 12.7. The monoisotopic (exact) mass is 326 g/mol. The van der Waals surface area contributed by atoms with E-state index in [2.05, 4.69) is 4.74 Å². The van der Waals surface area contributed by atoms with Crippen molar-refractivity contribution in [2.45, 2.75) is 25.9 Å². The molecule has 1 atom stereocenters. The zero-order chi connectivity index (χ0) is 17.3. The van der Waals surface area contributed by atoms with Crippen LogP contribution in [0.1, 0.15) is 22.8 Å². The van der Waals surface area contributed by atoms with Crippen LogP contribution in [0, 0.1) is 0 Å². The number of carbonyl (C=O) groups excluding carboxylic acids is 2. The lowest BCUT2D eigenvalue weighted by Crippen LogP contribution is -2.39. The number of aromatic nitrogens is 1. The smallest absolute Gasteiger partial charge is 0.339 e. The van der Waals surface area contributed by atoms with Crippen molar-refractivity contribution in [2.24, 2.45) is 0 Å². The number of nitrogens with zero attached hydrogens (tertiary/aromatic N) is 2. The van der Waals surface area contributed by atoms with Crippen molar-refractivity contribution in [3.8, 4) is 0 Å². The number of para-hydroxylation sites is 1. The first kappa shape index (κ1) is 16.0. The Labute approximate surface area is 139 Å². The molecule has 0 saturated carbocycles. The molecule has 6 nitrogen and oxygen atoms in total. The summed E-state index contributed by atoms with van der Waals surface area (Å²) in [5.41, 5.74) is 1.90. The molecule has 3 rings (SSSR count). The van der Waals surface area contributed by atoms with Gasteiger partial charge in [-0.15, -0.1) is 0 Å². The van der Waals surface area contributed by atoms with E-state index in [0.717, 1.165) is 17.7 Å². The van der Waals surface area contributed by atoms with E-state index in [9.17, 15) is 14.4 Å². The van der Waals surface area contributed by atoms with Crippen LogP contribution >= 0.6 is 0 Å². The summed E-state index contributed by atoms with van der Waals surface area (Å²) in [5.74, 6) is -0.729. The zero-order valence-corrected chi connectivity index (χ0v) is 13.6. The second-order valence-electron chi connectivity index (χ2n) is 5.82. The van der Waals surface area contributed by atoms with Gasteiger partial charge in [0.25, 0.3) is 5.56 Å². The van der Waals surface area contributed by atoms with Gasteiger partial charge in [-0.3, -0.25) is 9.59 Å². The molecule has 0 unspecified atom stereocenters. The van der Waals surface area contributed by atoms with Crippen molar-refractivity contribution in [3.63, 3.8) is 0 Å². The van der Waals surface area contributed by atoms with Gasteiger partial charge in [-0.2, -0.15) is 0 Å². The van der Waals surface area contributed by atoms with E-state index in [1.165, 1.54) is 30.0 Å². The lowest BCUT2D eigenvalue weighted by molar-refractivity contribution is -0.119. The summed E-state index contributed by atoms with van der Waals surface area (Å²) in [5, 5.41) is 0. The topological polar surface area (TPSA) is 68.6 Å². The van der Waals surface area contributed by atoms with Gasteiger partial charge in [0.2, 0.25) is 5.91 Å². The fraction of sp³-hybridized carbons (Fsp3) is 0.278. The Morgan fingerprint density at radius 3 is 2.71 bits per heavy atom. The van der Waals surface area contributed by atoms with Crippen LogP contribution in [-0.4, -0.2) is 29.6 Å². The quantitative estimate of drug-likeness (QED) is 0.804. The van der Waals surface area contributed by atoms with E-state index >= 15 is 0 Å². The molecule has 1 aromatic carbocycles. The van der Waals surface area contributed by atoms with Gasteiger partial charge in [0.15, 0.2) is 0 Å². The first-order chi connectivity index (χ1) is 11.5. The van der Waals surface area contributed by atoms with Gasteiger partial charge in [0.1, 0.15) is 6.54 Å². The van der Waals surface area contributed by atoms with Crippen LogP contribution in [0.2, 0.25) is 0 Å². The molecule has 2 aromatic rings. The van der Waals surface area contributed by atoms with Crippen LogP contribution in [0.25, 0.3) is 0 Å². The number of ether oxygens (including phenoxy) is 1. The van der Waals surface area contributed by atoms with Gasteiger partial charge in [-0.25, -0.2) is 4.79 Å². The van der Waals surface area contributed by atoms with E-state index in [-0.39, 0.29) is 29.6 Å². The second-order valence-corrected chi connectivity index (χ2v) is 5.82. The largest absolute Gasteiger partial charge is 0.465 e. The van der Waals surface area contributed by atoms with E-state index in [1.807, 2.05) is 31.2 Å². The molecule has 0 saturated heterocycles. The molecule has 6 heteroatoms. The summed E-state index contributed by atoms with van der Waals surface area (Å²) in [7, 11) is 1.27.